The number of nitriles is 2. The molecule has 0 N–H and O–H groups in total. The lowest BCUT2D eigenvalue weighted by atomic mass is 10.0. The first-order chi connectivity index (χ1) is 42.0. The van der Waals surface area contributed by atoms with Crippen LogP contribution in [0.3, 0.4) is 0 Å². The Kier molecular flexibility index (Phi) is 9.80. The highest BCUT2D eigenvalue weighted by molar-refractivity contribution is 6.23. The Bertz CT molecular complexity index is 5990. The standard InChI is InChI=1S/C78H44N6O/c79-45-47-21-29-53(30-22-47)81-67-17-7-3-12-57(67)63-39-49(25-35-71(63)81)51-27-37-73-65(41-51)59-14-5-9-19-69(59)83(73)55-33-34-62-76(43-55)85-77-44-75(56-11-1-2-16-61(56)78(62)77)84-70-20-10-6-15-60(70)66-42-52(28-38-74(66)84)50-26-36-72-64(40-50)58-13-4-8-18-68(58)82(72)54-31-23-48(46-80)24-32-54/h1-44H. The van der Waals surface area contributed by atoms with E-state index in [9.17, 15) is 10.5 Å². The molecular weight excluding hydrogens is 1040 g/mol. The number of hydrogen-bond donors (Lipinski definition) is 0. The molecule has 0 fully saturated rings. The third-order valence-electron chi connectivity index (χ3n) is 17.8. The molecular formula is C78H44N6O. The highest BCUT2D eigenvalue weighted by Gasteiger charge is 2.23. The number of hydrogen-bond acceptors (Lipinski definition) is 3. The number of nitrogens with zero attached hydrogens (tertiary/aromatic N) is 6. The summed E-state index contributed by atoms with van der Waals surface area (Å²) in [6.45, 7) is 0. The normalized spacial score (nSPS) is 12.0. The van der Waals surface area contributed by atoms with E-state index in [2.05, 4.69) is 249 Å². The van der Waals surface area contributed by atoms with Crippen molar-refractivity contribution in [2.75, 3.05) is 0 Å². The Balaban J connectivity index is 0.748. The van der Waals surface area contributed by atoms with Gasteiger partial charge in [-0.3, -0.25) is 0 Å². The number of furan rings is 1. The first-order valence-corrected chi connectivity index (χ1v) is 28.6. The van der Waals surface area contributed by atoms with Gasteiger partial charge in [-0.1, -0.05) is 121 Å². The predicted molar refractivity (Wildman–Crippen MR) is 349 cm³/mol. The van der Waals surface area contributed by atoms with Gasteiger partial charge < -0.3 is 22.7 Å². The Morgan fingerprint density at radius 2 is 0.588 bits per heavy atom. The molecule has 392 valence electrons. The molecule has 0 aliphatic heterocycles. The molecule has 0 saturated carbocycles. The predicted octanol–water partition coefficient (Wildman–Crippen LogP) is 20.2. The van der Waals surface area contributed by atoms with Crippen molar-refractivity contribution in [3.05, 3.63) is 278 Å². The number of benzene rings is 13. The summed E-state index contributed by atoms with van der Waals surface area (Å²) in [5, 5.41) is 32.9. The molecule has 5 aromatic heterocycles. The van der Waals surface area contributed by atoms with Gasteiger partial charge in [0.1, 0.15) is 11.2 Å². The topological polar surface area (TPSA) is 80.4 Å². The maximum atomic E-state index is 9.52. The second-order valence-corrected chi connectivity index (χ2v) is 22.3. The zero-order valence-electron chi connectivity index (χ0n) is 45.5. The van der Waals surface area contributed by atoms with Gasteiger partial charge in [0.05, 0.1) is 73.1 Å². The van der Waals surface area contributed by atoms with E-state index in [0.29, 0.717) is 11.1 Å². The quantitative estimate of drug-likeness (QED) is 0.166. The van der Waals surface area contributed by atoms with Crippen molar-refractivity contribution >= 4 is 120 Å². The van der Waals surface area contributed by atoms with Crippen LogP contribution in [0.2, 0.25) is 0 Å². The molecule has 13 aromatic carbocycles. The van der Waals surface area contributed by atoms with Crippen LogP contribution < -0.4 is 0 Å². The highest BCUT2D eigenvalue weighted by Crippen LogP contribution is 2.45. The van der Waals surface area contributed by atoms with Crippen LogP contribution in [0.1, 0.15) is 11.1 Å². The van der Waals surface area contributed by atoms with Crippen molar-refractivity contribution in [1.82, 2.24) is 18.3 Å². The van der Waals surface area contributed by atoms with Crippen molar-refractivity contribution in [3.63, 3.8) is 0 Å². The van der Waals surface area contributed by atoms with Gasteiger partial charge in [0.2, 0.25) is 0 Å². The van der Waals surface area contributed by atoms with Crippen molar-refractivity contribution < 1.29 is 4.42 Å². The second-order valence-electron chi connectivity index (χ2n) is 22.3. The molecule has 7 nitrogen and oxygen atoms in total. The molecule has 5 heterocycles. The number of fused-ring (bicyclic) bond motifs is 17. The van der Waals surface area contributed by atoms with Crippen LogP contribution in [0.15, 0.2) is 271 Å². The summed E-state index contributed by atoms with van der Waals surface area (Å²) in [4.78, 5) is 0. The van der Waals surface area contributed by atoms with E-state index in [1.165, 1.54) is 43.1 Å². The lowest BCUT2D eigenvalue weighted by molar-refractivity contribution is 0.668. The van der Waals surface area contributed by atoms with Crippen LogP contribution in [0.5, 0.6) is 0 Å². The van der Waals surface area contributed by atoms with Crippen molar-refractivity contribution in [2.24, 2.45) is 0 Å². The van der Waals surface area contributed by atoms with Crippen LogP contribution in [-0.4, -0.2) is 18.3 Å². The van der Waals surface area contributed by atoms with Gasteiger partial charge in [-0.15, -0.1) is 0 Å². The van der Waals surface area contributed by atoms with Gasteiger partial charge in [0, 0.05) is 88.4 Å². The fourth-order valence-corrected chi connectivity index (χ4v) is 14.0. The van der Waals surface area contributed by atoms with Gasteiger partial charge in [0.15, 0.2) is 0 Å². The van der Waals surface area contributed by atoms with Crippen LogP contribution in [0.25, 0.3) is 165 Å². The molecule has 18 aromatic rings. The molecule has 0 aliphatic carbocycles. The number of aromatic nitrogens is 4. The molecule has 0 radical (unpaired) electrons. The number of rotatable bonds is 6. The average Bonchev–Trinajstić information content (AvgIpc) is 2.06. The Morgan fingerprint density at radius 1 is 0.247 bits per heavy atom. The molecule has 0 spiro atoms. The molecule has 0 bridgehead atoms. The minimum atomic E-state index is 0.643. The molecule has 7 heteroatoms. The van der Waals surface area contributed by atoms with Gasteiger partial charge in [-0.05, 0) is 161 Å². The molecule has 0 atom stereocenters. The first-order valence-electron chi connectivity index (χ1n) is 28.6. The fourth-order valence-electron chi connectivity index (χ4n) is 14.0. The van der Waals surface area contributed by atoms with Gasteiger partial charge in [-0.25, -0.2) is 0 Å². The van der Waals surface area contributed by atoms with E-state index >= 15 is 0 Å². The minimum absolute atomic E-state index is 0.643. The SMILES string of the molecule is N#Cc1ccc(-n2c3ccccc3c3cc(-c4ccc5c(c4)c4ccccc4n5-c4ccc5c(c4)oc4cc(-n6c7ccccc7c7cc(-c8ccc9c(c8)c8ccccc8n9-c8ccc(C#N)cc8)ccc76)c6ccccc6c45)ccc32)cc1. The summed E-state index contributed by atoms with van der Waals surface area (Å²) in [6.07, 6.45) is 0. The van der Waals surface area contributed by atoms with E-state index in [4.69, 9.17) is 4.42 Å². The van der Waals surface area contributed by atoms with E-state index in [-0.39, 0.29) is 0 Å². The van der Waals surface area contributed by atoms with E-state index in [1.54, 1.807) is 0 Å². The van der Waals surface area contributed by atoms with E-state index in [0.717, 1.165) is 122 Å². The largest absolute Gasteiger partial charge is 0.456 e. The summed E-state index contributed by atoms with van der Waals surface area (Å²) in [6, 6.07) is 99.8. The average molecular weight is 1080 g/mol. The second kappa shape index (κ2) is 17.8. The van der Waals surface area contributed by atoms with Crippen LogP contribution in [0.4, 0.5) is 0 Å². The zero-order valence-corrected chi connectivity index (χ0v) is 45.5. The maximum absolute atomic E-state index is 9.52. The maximum Gasteiger partial charge on any atom is 0.138 e. The summed E-state index contributed by atoms with van der Waals surface area (Å²) < 4.78 is 16.5. The lowest BCUT2D eigenvalue weighted by Crippen LogP contribution is -1.95. The first kappa shape index (κ1) is 46.8. The van der Waals surface area contributed by atoms with Crippen molar-refractivity contribution in [3.8, 4) is 57.1 Å². The van der Waals surface area contributed by atoms with Gasteiger partial charge >= 0.3 is 0 Å². The summed E-state index contributed by atoms with van der Waals surface area (Å²) in [5.41, 5.74) is 20.6. The van der Waals surface area contributed by atoms with Crippen LogP contribution in [-0.2, 0) is 0 Å². The third kappa shape index (κ3) is 6.81. The molecule has 0 amide bonds. The number of para-hydroxylation sites is 4. The molecule has 85 heavy (non-hydrogen) atoms. The van der Waals surface area contributed by atoms with Crippen molar-refractivity contribution in [1.29, 1.82) is 10.5 Å². The van der Waals surface area contributed by atoms with E-state index < -0.39 is 0 Å². The molecule has 0 saturated heterocycles. The zero-order chi connectivity index (χ0) is 56.0. The summed E-state index contributed by atoms with van der Waals surface area (Å²) >= 11 is 0. The van der Waals surface area contributed by atoms with Gasteiger partial charge in [0.25, 0.3) is 0 Å². The Labute approximate surface area is 485 Å². The smallest absolute Gasteiger partial charge is 0.138 e. The lowest BCUT2D eigenvalue weighted by Gasteiger charge is -2.13. The van der Waals surface area contributed by atoms with Gasteiger partial charge in [-0.2, -0.15) is 10.5 Å². The summed E-state index contributed by atoms with van der Waals surface area (Å²) in [5.74, 6) is 0. The van der Waals surface area contributed by atoms with Crippen LogP contribution >= 0.6 is 0 Å². The monoisotopic (exact) mass is 1080 g/mol. The fraction of sp³-hybridized carbons (Fsp3) is 0. The molecule has 0 aliphatic rings. The van der Waals surface area contributed by atoms with Crippen molar-refractivity contribution in [2.45, 2.75) is 0 Å². The molecule has 18 rings (SSSR count). The van der Waals surface area contributed by atoms with Crippen LogP contribution in [0, 0.1) is 22.7 Å². The molecule has 0 unspecified atom stereocenters. The minimum Gasteiger partial charge on any atom is -0.456 e. The Morgan fingerprint density at radius 3 is 1.01 bits per heavy atom. The summed E-state index contributed by atoms with van der Waals surface area (Å²) in [7, 11) is 0. The van der Waals surface area contributed by atoms with E-state index in [1.807, 2.05) is 48.5 Å². The third-order valence-corrected chi connectivity index (χ3v) is 17.8. The highest BCUT2D eigenvalue weighted by atomic mass is 16.3. The Hall–Kier alpha value is -11.9.